The van der Waals surface area contributed by atoms with E-state index in [4.69, 9.17) is 16.3 Å². The minimum Gasteiger partial charge on any atom is -0.493 e. The van der Waals surface area contributed by atoms with Gasteiger partial charge in [0.05, 0.1) is 29.6 Å². The third kappa shape index (κ3) is 6.60. The van der Waals surface area contributed by atoms with Crippen molar-refractivity contribution in [1.29, 1.82) is 0 Å². The number of sulfonamides is 1. The van der Waals surface area contributed by atoms with E-state index in [0.29, 0.717) is 35.9 Å². The van der Waals surface area contributed by atoms with E-state index >= 15 is 0 Å². The molecule has 0 aliphatic rings. The maximum absolute atomic E-state index is 15.0. The average Bonchev–Trinajstić information content (AvgIpc) is 3.38. The van der Waals surface area contributed by atoms with Crippen LogP contribution in [0.3, 0.4) is 0 Å². The van der Waals surface area contributed by atoms with E-state index in [1.54, 1.807) is 43.7 Å². The van der Waals surface area contributed by atoms with E-state index in [0.717, 1.165) is 22.5 Å². The third-order valence-corrected chi connectivity index (χ3v) is 7.77. The average molecular weight is 568 g/mol. The standard InChI is InChI=1S/C26H24ClF2N3O3S.ClH/c1-19(23-5-2-3-6-26(23)35-16-4-14-31-15-13-30-18-31)32(25-17-21(28)9-12-24(25)29)36(33,34)22-10-7-20(27)8-11-22;/h2-3,5-13,15,17-19H,4,14,16H2,1H3;1H/t19-;/m1./s1. The minimum atomic E-state index is -4.33. The van der Waals surface area contributed by atoms with Crippen LogP contribution in [0.25, 0.3) is 0 Å². The van der Waals surface area contributed by atoms with Gasteiger partial charge in [0.15, 0.2) is 0 Å². The predicted octanol–water partition coefficient (Wildman–Crippen LogP) is 6.66. The highest BCUT2D eigenvalue weighted by molar-refractivity contribution is 7.92. The van der Waals surface area contributed by atoms with Crippen molar-refractivity contribution in [1.82, 2.24) is 9.55 Å². The molecule has 0 unspecified atom stereocenters. The van der Waals surface area contributed by atoms with Crippen LogP contribution in [-0.2, 0) is 16.6 Å². The SMILES string of the molecule is C[C@H](c1ccccc1OCCCn1ccnc1)N(c1cc(F)ccc1F)S(=O)(=O)c1ccc(Cl)cc1.Cl. The molecule has 1 heterocycles. The Hall–Kier alpha value is -3.14. The summed E-state index contributed by atoms with van der Waals surface area (Å²) < 4.78 is 65.5. The molecule has 1 atom stereocenters. The molecular formula is C26H25Cl2F2N3O3S. The number of hydrogen-bond acceptors (Lipinski definition) is 4. The summed E-state index contributed by atoms with van der Waals surface area (Å²) in [6.07, 6.45) is 5.94. The van der Waals surface area contributed by atoms with Gasteiger partial charge in [-0.3, -0.25) is 4.31 Å². The van der Waals surface area contributed by atoms with Crippen LogP contribution < -0.4 is 9.04 Å². The second-order valence-electron chi connectivity index (χ2n) is 8.07. The van der Waals surface area contributed by atoms with Gasteiger partial charge in [0.2, 0.25) is 0 Å². The molecule has 3 aromatic carbocycles. The molecule has 196 valence electrons. The summed E-state index contributed by atoms with van der Waals surface area (Å²) in [6.45, 7) is 2.66. The highest BCUT2D eigenvalue weighted by atomic mass is 35.5. The Bertz CT molecular complexity index is 1420. The zero-order chi connectivity index (χ0) is 25.7. The molecule has 0 N–H and O–H groups in total. The molecule has 0 saturated heterocycles. The van der Waals surface area contributed by atoms with Crippen LogP contribution in [0.1, 0.15) is 24.9 Å². The Balaban J connectivity index is 0.00000380. The third-order valence-electron chi connectivity index (χ3n) is 5.61. The van der Waals surface area contributed by atoms with Gasteiger partial charge >= 0.3 is 0 Å². The second kappa shape index (κ2) is 12.4. The normalized spacial score (nSPS) is 12.0. The maximum atomic E-state index is 15.0. The van der Waals surface area contributed by atoms with Crippen LogP contribution >= 0.6 is 24.0 Å². The highest BCUT2D eigenvalue weighted by Gasteiger charge is 2.34. The highest BCUT2D eigenvalue weighted by Crippen LogP contribution is 2.38. The van der Waals surface area contributed by atoms with Gasteiger partial charge in [-0.2, -0.15) is 0 Å². The number of halogens is 4. The number of para-hydroxylation sites is 1. The Morgan fingerprint density at radius 2 is 1.81 bits per heavy atom. The molecule has 0 spiro atoms. The first kappa shape index (κ1) is 28.4. The first-order valence-electron chi connectivity index (χ1n) is 11.2. The smallest absolute Gasteiger partial charge is 0.264 e. The molecule has 11 heteroatoms. The quantitative estimate of drug-likeness (QED) is 0.201. The lowest BCUT2D eigenvalue weighted by atomic mass is 10.1. The van der Waals surface area contributed by atoms with Crippen LogP contribution in [0.5, 0.6) is 5.75 Å². The molecule has 4 rings (SSSR count). The van der Waals surface area contributed by atoms with Gasteiger partial charge in [-0.25, -0.2) is 22.2 Å². The molecule has 37 heavy (non-hydrogen) atoms. The fraction of sp³-hybridized carbons (Fsp3) is 0.192. The van der Waals surface area contributed by atoms with Crippen LogP contribution in [0.2, 0.25) is 5.02 Å². The molecule has 0 fully saturated rings. The first-order chi connectivity index (χ1) is 17.3. The predicted molar refractivity (Wildman–Crippen MR) is 142 cm³/mol. The van der Waals surface area contributed by atoms with Crippen molar-refractivity contribution in [2.24, 2.45) is 0 Å². The van der Waals surface area contributed by atoms with Crippen LogP contribution in [0.15, 0.2) is 90.3 Å². The van der Waals surface area contributed by atoms with E-state index in [-0.39, 0.29) is 17.3 Å². The van der Waals surface area contributed by atoms with Gasteiger partial charge in [-0.1, -0.05) is 29.8 Å². The summed E-state index contributed by atoms with van der Waals surface area (Å²) >= 11 is 5.94. The van der Waals surface area contributed by atoms with Crippen molar-refractivity contribution >= 4 is 39.7 Å². The van der Waals surface area contributed by atoms with E-state index in [2.05, 4.69) is 4.98 Å². The Kier molecular flexibility index (Phi) is 9.53. The number of imidazole rings is 1. The first-order valence-corrected chi connectivity index (χ1v) is 13.0. The van der Waals surface area contributed by atoms with Gasteiger partial charge in [-0.15, -0.1) is 12.4 Å². The van der Waals surface area contributed by atoms with Crippen molar-refractivity contribution in [3.63, 3.8) is 0 Å². The molecule has 0 aliphatic heterocycles. The Morgan fingerprint density at radius 1 is 1.08 bits per heavy atom. The minimum absolute atomic E-state index is 0. The van der Waals surface area contributed by atoms with E-state index in [9.17, 15) is 17.2 Å². The summed E-state index contributed by atoms with van der Waals surface area (Å²) in [6, 6.07) is 14.2. The fourth-order valence-electron chi connectivity index (χ4n) is 3.85. The monoisotopic (exact) mass is 567 g/mol. The number of ether oxygens (including phenoxy) is 1. The number of nitrogens with zero attached hydrogens (tertiary/aromatic N) is 3. The number of aromatic nitrogens is 2. The van der Waals surface area contributed by atoms with Crippen LogP contribution in [0, 0.1) is 11.6 Å². The number of aryl methyl sites for hydroxylation is 1. The molecule has 6 nitrogen and oxygen atoms in total. The summed E-state index contributed by atoms with van der Waals surface area (Å²) in [5.74, 6) is -1.19. The van der Waals surface area contributed by atoms with Gasteiger partial charge in [0.1, 0.15) is 17.4 Å². The summed E-state index contributed by atoms with van der Waals surface area (Å²) in [5.41, 5.74) is 0.0914. The number of anilines is 1. The zero-order valence-electron chi connectivity index (χ0n) is 19.8. The van der Waals surface area contributed by atoms with E-state index in [1.165, 1.54) is 24.3 Å². The zero-order valence-corrected chi connectivity index (χ0v) is 22.2. The van der Waals surface area contributed by atoms with E-state index < -0.39 is 33.4 Å². The molecule has 0 radical (unpaired) electrons. The topological polar surface area (TPSA) is 64.4 Å². The summed E-state index contributed by atoms with van der Waals surface area (Å²) in [4.78, 5) is 3.90. The van der Waals surface area contributed by atoms with Crippen molar-refractivity contribution in [2.75, 3.05) is 10.9 Å². The van der Waals surface area contributed by atoms with Crippen molar-refractivity contribution in [3.8, 4) is 5.75 Å². The van der Waals surface area contributed by atoms with Crippen molar-refractivity contribution < 1.29 is 21.9 Å². The lowest BCUT2D eigenvalue weighted by molar-refractivity contribution is 0.297. The molecule has 0 bridgehead atoms. The lowest BCUT2D eigenvalue weighted by Gasteiger charge is -2.32. The van der Waals surface area contributed by atoms with Crippen LogP contribution in [-0.4, -0.2) is 24.6 Å². The molecule has 4 aromatic rings. The molecule has 0 saturated carbocycles. The molecule has 0 aliphatic carbocycles. The summed E-state index contributed by atoms with van der Waals surface area (Å²) in [5, 5.41) is 0.347. The van der Waals surface area contributed by atoms with Gasteiger partial charge < -0.3 is 9.30 Å². The Labute approximate surface area is 225 Å². The lowest BCUT2D eigenvalue weighted by Crippen LogP contribution is -2.34. The maximum Gasteiger partial charge on any atom is 0.264 e. The van der Waals surface area contributed by atoms with Crippen molar-refractivity contribution in [3.05, 3.63) is 108 Å². The van der Waals surface area contributed by atoms with Crippen molar-refractivity contribution in [2.45, 2.75) is 30.8 Å². The number of hydrogen-bond donors (Lipinski definition) is 0. The number of rotatable bonds is 10. The largest absolute Gasteiger partial charge is 0.493 e. The van der Waals surface area contributed by atoms with E-state index in [1.807, 2.05) is 10.8 Å². The van der Waals surface area contributed by atoms with Gasteiger partial charge in [-0.05, 0) is 55.8 Å². The molecule has 0 amide bonds. The molecular weight excluding hydrogens is 543 g/mol. The van der Waals surface area contributed by atoms with Gasteiger partial charge in [0, 0.05) is 35.6 Å². The molecule has 1 aromatic heterocycles. The summed E-state index contributed by atoms with van der Waals surface area (Å²) in [7, 11) is -4.33. The fourth-order valence-corrected chi connectivity index (χ4v) is 5.61. The number of benzene rings is 3. The van der Waals surface area contributed by atoms with Crippen LogP contribution in [0.4, 0.5) is 14.5 Å². The van der Waals surface area contributed by atoms with Gasteiger partial charge in [0.25, 0.3) is 10.0 Å². The second-order valence-corrected chi connectivity index (χ2v) is 10.3. The Morgan fingerprint density at radius 3 is 2.51 bits per heavy atom.